The van der Waals surface area contributed by atoms with Crippen molar-refractivity contribution in [2.45, 2.75) is 19.8 Å². The van der Waals surface area contributed by atoms with Crippen LogP contribution in [0.15, 0.2) is 42.5 Å². The molecule has 3 rings (SSSR count). The molecule has 1 aliphatic rings. The van der Waals surface area contributed by atoms with Gasteiger partial charge in [0, 0.05) is 38.3 Å². The van der Waals surface area contributed by atoms with Crippen LogP contribution in [0.2, 0.25) is 5.02 Å². The van der Waals surface area contributed by atoms with Gasteiger partial charge in [-0.05, 0) is 42.3 Å². The van der Waals surface area contributed by atoms with Crippen molar-refractivity contribution in [1.29, 1.82) is 0 Å². The Kier molecular flexibility index (Phi) is 6.23. The Balaban J connectivity index is 1.72. The van der Waals surface area contributed by atoms with Crippen LogP contribution in [-0.4, -0.2) is 43.3 Å². The van der Waals surface area contributed by atoms with Crippen molar-refractivity contribution < 1.29 is 14.4 Å². The van der Waals surface area contributed by atoms with Crippen LogP contribution in [0, 0.1) is 5.92 Å². The summed E-state index contributed by atoms with van der Waals surface area (Å²) in [7, 11) is 3.31. The number of anilines is 2. The number of hydrogen-bond acceptors (Lipinski definition) is 3. The van der Waals surface area contributed by atoms with E-state index >= 15 is 0 Å². The van der Waals surface area contributed by atoms with Gasteiger partial charge >= 0.3 is 0 Å². The Labute approximate surface area is 175 Å². The van der Waals surface area contributed by atoms with Crippen molar-refractivity contribution in [3.8, 4) is 0 Å². The fourth-order valence-electron chi connectivity index (χ4n) is 3.29. The van der Waals surface area contributed by atoms with Crippen LogP contribution in [0.5, 0.6) is 0 Å². The first-order valence-electron chi connectivity index (χ1n) is 9.51. The molecule has 0 saturated carbocycles. The zero-order chi connectivity index (χ0) is 21.1. The van der Waals surface area contributed by atoms with Crippen LogP contribution in [-0.2, 0) is 16.0 Å². The number of carbonyl (C=O) groups is 3. The van der Waals surface area contributed by atoms with E-state index in [0.717, 1.165) is 12.1 Å². The molecule has 2 aromatic carbocycles. The summed E-state index contributed by atoms with van der Waals surface area (Å²) in [5.74, 6) is -1.05. The highest BCUT2D eigenvalue weighted by atomic mass is 35.5. The van der Waals surface area contributed by atoms with Crippen LogP contribution in [0.4, 0.5) is 11.4 Å². The molecule has 152 valence electrons. The molecule has 1 aliphatic heterocycles. The first kappa shape index (κ1) is 20.9. The summed E-state index contributed by atoms with van der Waals surface area (Å²) in [5, 5.41) is 3.11. The first-order valence-corrected chi connectivity index (χ1v) is 9.89. The summed E-state index contributed by atoms with van der Waals surface area (Å²) in [4.78, 5) is 40.5. The van der Waals surface area contributed by atoms with E-state index in [1.165, 1.54) is 10.5 Å². The van der Waals surface area contributed by atoms with Crippen molar-refractivity contribution in [2.24, 2.45) is 5.92 Å². The van der Waals surface area contributed by atoms with Gasteiger partial charge in [0.05, 0.1) is 16.6 Å². The molecule has 1 saturated heterocycles. The molecule has 1 unspecified atom stereocenters. The van der Waals surface area contributed by atoms with Gasteiger partial charge in [-0.15, -0.1) is 0 Å². The maximum absolute atomic E-state index is 12.8. The number of amides is 3. The van der Waals surface area contributed by atoms with Crippen LogP contribution in [0.1, 0.15) is 29.3 Å². The number of carbonyl (C=O) groups excluding carboxylic acids is 3. The second-order valence-corrected chi connectivity index (χ2v) is 7.72. The van der Waals surface area contributed by atoms with Gasteiger partial charge in [-0.25, -0.2) is 0 Å². The topological polar surface area (TPSA) is 69.7 Å². The quantitative estimate of drug-likeness (QED) is 0.814. The SMILES string of the molecule is CCc1ccc(N2CC(C(=O)Nc3cc(C(=O)N(C)C)ccc3Cl)CC2=O)cc1. The molecule has 2 aromatic rings. The third-order valence-electron chi connectivity index (χ3n) is 5.03. The Morgan fingerprint density at radius 1 is 1.17 bits per heavy atom. The van der Waals surface area contributed by atoms with Crippen LogP contribution >= 0.6 is 11.6 Å². The molecular weight excluding hydrogens is 390 g/mol. The van der Waals surface area contributed by atoms with E-state index in [1.807, 2.05) is 24.3 Å². The highest BCUT2D eigenvalue weighted by molar-refractivity contribution is 6.34. The number of halogens is 1. The van der Waals surface area contributed by atoms with Crippen molar-refractivity contribution >= 4 is 40.7 Å². The van der Waals surface area contributed by atoms with E-state index < -0.39 is 5.92 Å². The lowest BCUT2D eigenvalue weighted by molar-refractivity contribution is -0.122. The fraction of sp³-hybridized carbons (Fsp3) is 0.318. The van der Waals surface area contributed by atoms with Crippen LogP contribution < -0.4 is 10.2 Å². The van der Waals surface area contributed by atoms with Crippen molar-refractivity contribution in [1.82, 2.24) is 4.90 Å². The normalized spacial score (nSPS) is 16.1. The predicted molar refractivity (Wildman–Crippen MR) is 114 cm³/mol. The second kappa shape index (κ2) is 8.66. The Hall–Kier alpha value is -2.86. The molecule has 0 radical (unpaired) electrons. The molecule has 7 heteroatoms. The summed E-state index contributed by atoms with van der Waals surface area (Å²) < 4.78 is 0. The molecule has 0 aromatic heterocycles. The molecule has 29 heavy (non-hydrogen) atoms. The van der Waals surface area contributed by atoms with Gasteiger partial charge < -0.3 is 15.1 Å². The third kappa shape index (κ3) is 4.59. The second-order valence-electron chi connectivity index (χ2n) is 7.31. The van der Waals surface area contributed by atoms with Crippen molar-refractivity contribution in [3.63, 3.8) is 0 Å². The van der Waals surface area contributed by atoms with E-state index in [2.05, 4.69) is 12.2 Å². The number of aryl methyl sites for hydroxylation is 1. The number of rotatable bonds is 5. The van der Waals surface area contributed by atoms with Gasteiger partial charge in [0.25, 0.3) is 5.91 Å². The Morgan fingerprint density at radius 2 is 1.86 bits per heavy atom. The highest BCUT2D eigenvalue weighted by Crippen LogP contribution is 2.28. The van der Waals surface area contributed by atoms with Gasteiger partial charge in [-0.1, -0.05) is 30.7 Å². The molecule has 1 atom stereocenters. The zero-order valence-electron chi connectivity index (χ0n) is 16.7. The van der Waals surface area contributed by atoms with Crippen LogP contribution in [0.25, 0.3) is 0 Å². The third-order valence-corrected chi connectivity index (χ3v) is 5.36. The highest BCUT2D eigenvalue weighted by Gasteiger charge is 2.35. The average molecular weight is 414 g/mol. The summed E-state index contributed by atoms with van der Waals surface area (Å²) >= 11 is 6.20. The lowest BCUT2D eigenvalue weighted by atomic mass is 10.1. The minimum absolute atomic E-state index is 0.0861. The summed E-state index contributed by atoms with van der Waals surface area (Å²) in [6.45, 7) is 2.38. The molecule has 0 bridgehead atoms. The molecule has 1 fully saturated rings. The first-order chi connectivity index (χ1) is 13.8. The standard InChI is InChI=1S/C22H24ClN3O3/c1-4-14-5-8-17(9-6-14)26-13-16(12-20(26)27)21(28)24-19-11-15(7-10-18(19)23)22(29)25(2)3/h5-11,16H,4,12-13H2,1-3H3,(H,24,28). The Morgan fingerprint density at radius 3 is 2.48 bits per heavy atom. The van der Waals surface area contributed by atoms with E-state index in [0.29, 0.717) is 22.8 Å². The van der Waals surface area contributed by atoms with E-state index in [-0.39, 0.29) is 24.1 Å². The smallest absolute Gasteiger partial charge is 0.253 e. The number of nitrogens with zero attached hydrogens (tertiary/aromatic N) is 2. The predicted octanol–water partition coefficient (Wildman–Crippen LogP) is 3.60. The minimum atomic E-state index is -0.488. The number of hydrogen-bond donors (Lipinski definition) is 1. The summed E-state index contributed by atoms with van der Waals surface area (Å²) in [6, 6.07) is 12.5. The van der Waals surface area contributed by atoms with Gasteiger partial charge in [-0.3, -0.25) is 14.4 Å². The van der Waals surface area contributed by atoms with Gasteiger partial charge in [0.1, 0.15) is 0 Å². The molecule has 1 heterocycles. The minimum Gasteiger partial charge on any atom is -0.345 e. The lowest BCUT2D eigenvalue weighted by Crippen LogP contribution is -2.28. The fourth-order valence-corrected chi connectivity index (χ4v) is 3.46. The van der Waals surface area contributed by atoms with E-state index in [1.54, 1.807) is 37.2 Å². The van der Waals surface area contributed by atoms with Gasteiger partial charge in [0.2, 0.25) is 11.8 Å². The molecule has 6 nitrogen and oxygen atoms in total. The molecular formula is C22H24ClN3O3. The van der Waals surface area contributed by atoms with Gasteiger partial charge in [-0.2, -0.15) is 0 Å². The van der Waals surface area contributed by atoms with E-state index in [4.69, 9.17) is 11.6 Å². The van der Waals surface area contributed by atoms with Gasteiger partial charge in [0.15, 0.2) is 0 Å². The molecule has 0 aliphatic carbocycles. The Bertz CT molecular complexity index is 941. The lowest BCUT2D eigenvalue weighted by Gasteiger charge is -2.17. The number of benzene rings is 2. The average Bonchev–Trinajstić information content (AvgIpc) is 3.11. The monoisotopic (exact) mass is 413 g/mol. The molecule has 3 amide bonds. The van der Waals surface area contributed by atoms with Crippen molar-refractivity contribution in [2.75, 3.05) is 30.9 Å². The molecule has 1 N–H and O–H groups in total. The maximum atomic E-state index is 12.8. The summed E-state index contributed by atoms with van der Waals surface area (Å²) in [6.07, 6.45) is 1.06. The maximum Gasteiger partial charge on any atom is 0.253 e. The van der Waals surface area contributed by atoms with E-state index in [9.17, 15) is 14.4 Å². The summed E-state index contributed by atoms with van der Waals surface area (Å²) in [5.41, 5.74) is 2.77. The molecule has 0 spiro atoms. The number of nitrogens with one attached hydrogen (secondary N) is 1. The van der Waals surface area contributed by atoms with Crippen LogP contribution in [0.3, 0.4) is 0 Å². The zero-order valence-corrected chi connectivity index (χ0v) is 17.5. The largest absolute Gasteiger partial charge is 0.345 e. The van der Waals surface area contributed by atoms with Crippen molar-refractivity contribution in [3.05, 3.63) is 58.6 Å².